The van der Waals surface area contributed by atoms with Gasteiger partial charge in [-0.05, 0) is 64.3 Å². The van der Waals surface area contributed by atoms with Gasteiger partial charge in [-0.3, -0.25) is 0 Å². The molecule has 20 heavy (non-hydrogen) atoms. The van der Waals surface area contributed by atoms with Gasteiger partial charge >= 0.3 is 0 Å². The maximum absolute atomic E-state index is 13.4. The minimum Gasteiger partial charge on any atom is -0.307 e. The van der Waals surface area contributed by atoms with Gasteiger partial charge in [0.2, 0.25) is 0 Å². The molecule has 0 aliphatic heterocycles. The van der Waals surface area contributed by atoms with E-state index in [9.17, 15) is 4.39 Å². The molecule has 1 unspecified atom stereocenters. The fourth-order valence-corrected chi connectivity index (χ4v) is 2.69. The number of nitrogens with one attached hydrogen (secondary N) is 1. The minimum absolute atomic E-state index is 0.0212. The van der Waals surface area contributed by atoms with Crippen molar-refractivity contribution < 1.29 is 4.39 Å². The molecule has 0 spiro atoms. The molecular formula is C16H16BrClFN. The summed E-state index contributed by atoms with van der Waals surface area (Å²) in [6.07, 6.45) is 0. The van der Waals surface area contributed by atoms with Gasteiger partial charge in [0, 0.05) is 5.02 Å². The monoisotopic (exact) mass is 355 g/mol. The lowest BCUT2D eigenvalue weighted by molar-refractivity contribution is 0.608. The highest BCUT2D eigenvalue weighted by atomic mass is 79.9. The van der Waals surface area contributed by atoms with Crippen LogP contribution < -0.4 is 5.32 Å². The molecule has 0 aliphatic rings. The van der Waals surface area contributed by atoms with Crippen molar-refractivity contribution in [2.24, 2.45) is 0 Å². The lowest BCUT2D eigenvalue weighted by Gasteiger charge is -2.20. The molecule has 2 aromatic carbocycles. The van der Waals surface area contributed by atoms with Gasteiger partial charge in [-0.15, -0.1) is 0 Å². The van der Waals surface area contributed by atoms with E-state index in [-0.39, 0.29) is 11.9 Å². The summed E-state index contributed by atoms with van der Waals surface area (Å²) in [4.78, 5) is 0. The average Bonchev–Trinajstić information content (AvgIpc) is 2.43. The summed E-state index contributed by atoms with van der Waals surface area (Å²) < 4.78 is 13.9. The van der Waals surface area contributed by atoms with Crippen LogP contribution in [0.15, 0.2) is 40.9 Å². The topological polar surface area (TPSA) is 12.0 Å². The third kappa shape index (κ3) is 3.40. The number of benzene rings is 2. The van der Waals surface area contributed by atoms with E-state index < -0.39 is 0 Å². The van der Waals surface area contributed by atoms with Crippen molar-refractivity contribution in [2.75, 3.05) is 6.54 Å². The first-order chi connectivity index (χ1) is 9.52. The summed E-state index contributed by atoms with van der Waals surface area (Å²) in [6, 6.07) is 11.1. The second-order valence-corrected chi connectivity index (χ2v) is 5.93. The number of hydrogen-bond acceptors (Lipinski definition) is 1. The molecule has 0 fully saturated rings. The van der Waals surface area contributed by atoms with E-state index in [4.69, 9.17) is 11.6 Å². The van der Waals surface area contributed by atoms with Gasteiger partial charge in [-0.2, -0.15) is 0 Å². The standard InChI is InChI=1S/C16H16BrClFN/c1-3-20-16(11-4-6-14(18)10(2)8-11)12-5-7-15(19)13(17)9-12/h4-9,16,20H,3H2,1-2H3. The summed E-state index contributed by atoms with van der Waals surface area (Å²) in [5.41, 5.74) is 3.17. The van der Waals surface area contributed by atoms with E-state index in [2.05, 4.69) is 27.3 Å². The van der Waals surface area contributed by atoms with Gasteiger partial charge in [0.15, 0.2) is 0 Å². The molecule has 0 amide bonds. The van der Waals surface area contributed by atoms with Crippen LogP contribution in [-0.2, 0) is 0 Å². The van der Waals surface area contributed by atoms with Crippen LogP contribution in [0.4, 0.5) is 4.39 Å². The number of halogens is 3. The Morgan fingerprint density at radius 2 is 1.85 bits per heavy atom. The lowest BCUT2D eigenvalue weighted by atomic mass is 9.97. The van der Waals surface area contributed by atoms with Gasteiger partial charge in [0.25, 0.3) is 0 Å². The Hall–Kier alpha value is -0.900. The third-order valence-electron chi connectivity index (χ3n) is 3.20. The van der Waals surface area contributed by atoms with Crippen molar-refractivity contribution >= 4 is 27.5 Å². The quantitative estimate of drug-likeness (QED) is 0.789. The average molecular weight is 357 g/mol. The predicted molar refractivity (Wildman–Crippen MR) is 85.8 cm³/mol. The van der Waals surface area contributed by atoms with Crippen LogP contribution in [0, 0.1) is 12.7 Å². The van der Waals surface area contributed by atoms with Crippen molar-refractivity contribution in [2.45, 2.75) is 19.9 Å². The van der Waals surface area contributed by atoms with Crippen molar-refractivity contribution in [3.05, 3.63) is 68.4 Å². The highest BCUT2D eigenvalue weighted by Crippen LogP contribution is 2.28. The van der Waals surface area contributed by atoms with E-state index >= 15 is 0 Å². The Kier molecular flexibility index (Phi) is 5.19. The zero-order chi connectivity index (χ0) is 14.7. The molecular weight excluding hydrogens is 341 g/mol. The number of hydrogen-bond donors (Lipinski definition) is 1. The molecule has 0 heterocycles. The molecule has 1 nitrogen and oxygen atoms in total. The Bertz CT molecular complexity index is 564. The van der Waals surface area contributed by atoms with Crippen LogP contribution in [0.2, 0.25) is 5.02 Å². The molecule has 0 aromatic heterocycles. The van der Waals surface area contributed by atoms with Crippen LogP contribution in [0.3, 0.4) is 0 Å². The van der Waals surface area contributed by atoms with Gasteiger partial charge in [-0.25, -0.2) is 4.39 Å². The van der Waals surface area contributed by atoms with Gasteiger partial charge in [-0.1, -0.05) is 36.7 Å². The Labute approximate surface area is 132 Å². The maximum atomic E-state index is 13.4. The van der Waals surface area contributed by atoms with Crippen LogP contribution in [0.25, 0.3) is 0 Å². The largest absolute Gasteiger partial charge is 0.307 e. The summed E-state index contributed by atoms with van der Waals surface area (Å²) in [7, 11) is 0. The van der Waals surface area contributed by atoms with Crippen molar-refractivity contribution in [1.82, 2.24) is 5.32 Å². The second kappa shape index (κ2) is 6.70. The second-order valence-electron chi connectivity index (χ2n) is 4.67. The molecule has 4 heteroatoms. The van der Waals surface area contributed by atoms with Gasteiger partial charge in [0.05, 0.1) is 10.5 Å². The smallest absolute Gasteiger partial charge is 0.137 e. The van der Waals surface area contributed by atoms with Gasteiger partial charge in [0.1, 0.15) is 5.82 Å². The van der Waals surface area contributed by atoms with E-state index in [1.807, 2.05) is 32.0 Å². The van der Waals surface area contributed by atoms with E-state index in [1.54, 1.807) is 6.07 Å². The van der Waals surface area contributed by atoms with Crippen molar-refractivity contribution in [3.63, 3.8) is 0 Å². The Balaban J connectivity index is 2.44. The highest BCUT2D eigenvalue weighted by molar-refractivity contribution is 9.10. The summed E-state index contributed by atoms with van der Waals surface area (Å²) in [5.74, 6) is -0.253. The SMILES string of the molecule is CCNC(c1ccc(Cl)c(C)c1)c1ccc(F)c(Br)c1. The molecule has 106 valence electrons. The summed E-state index contributed by atoms with van der Waals surface area (Å²) in [5, 5.41) is 4.18. The number of aryl methyl sites for hydroxylation is 1. The van der Waals surface area contributed by atoms with Gasteiger partial charge < -0.3 is 5.32 Å². The molecule has 2 rings (SSSR count). The fraction of sp³-hybridized carbons (Fsp3) is 0.250. The maximum Gasteiger partial charge on any atom is 0.137 e. The fourth-order valence-electron chi connectivity index (χ4n) is 2.17. The van der Waals surface area contributed by atoms with Crippen LogP contribution in [-0.4, -0.2) is 6.54 Å². The first-order valence-electron chi connectivity index (χ1n) is 6.47. The predicted octanol–water partition coefficient (Wildman–Crippen LogP) is 5.25. The zero-order valence-corrected chi connectivity index (χ0v) is 13.7. The summed E-state index contributed by atoms with van der Waals surface area (Å²) >= 11 is 9.32. The highest BCUT2D eigenvalue weighted by Gasteiger charge is 2.15. The van der Waals surface area contributed by atoms with Crippen LogP contribution in [0.1, 0.15) is 29.7 Å². The molecule has 0 aliphatic carbocycles. The zero-order valence-electron chi connectivity index (χ0n) is 11.4. The van der Waals surface area contributed by atoms with Crippen molar-refractivity contribution in [1.29, 1.82) is 0 Å². The Morgan fingerprint density at radius 3 is 2.45 bits per heavy atom. The van der Waals surface area contributed by atoms with Crippen LogP contribution >= 0.6 is 27.5 Å². The lowest BCUT2D eigenvalue weighted by Crippen LogP contribution is -2.22. The molecule has 0 saturated heterocycles. The van der Waals surface area contributed by atoms with E-state index in [0.29, 0.717) is 4.47 Å². The molecule has 0 radical (unpaired) electrons. The first-order valence-corrected chi connectivity index (χ1v) is 7.64. The van der Waals surface area contributed by atoms with Crippen LogP contribution in [0.5, 0.6) is 0 Å². The molecule has 1 N–H and O–H groups in total. The van der Waals surface area contributed by atoms with E-state index in [0.717, 1.165) is 28.3 Å². The minimum atomic E-state index is -0.253. The molecule has 0 saturated carbocycles. The molecule has 2 aromatic rings. The Morgan fingerprint density at radius 1 is 1.20 bits per heavy atom. The molecule has 0 bridgehead atoms. The van der Waals surface area contributed by atoms with E-state index in [1.165, 1.54) is 6.07 Å². The van der Waals surface area contributed by atoms with Crippen molar-refractivity contribution in [3.8, 4) is 0 Å². The summed E-state index contributed by atoms with van der Waals surface area (Å²) in [6.45, 7) is 4.85. The first kappa shape index (κ1) is 15.5. The molecule has 1 atom stereocenters. The normalized spacial score (nSPS) is 12.4. The number of rotatable bonds is 4. The third-order valence-corrected chi connectivity index (χ3v) is 4.23.